The molecule has 0 radical (unpaired) electrons. The average Bonchev–Trinajstić information content (AvgIpc) is 2.87. The fourth-order valence-electron chi connectivity index (χ4n) is 4.51. The maximum absolute atomic E-state index is 13.4. The Kier molecular flexibility index (Phi) is 7.01. The lowest BCUT2D eigenvalue weighted by Crippen LogP contribution is -2.39. The molecule has 1 fully saturated rings. The third-order valence-corrected chi connectivity index (χ3v) is 6.71. The largest absolute Gasteiger partial charge is 0.372 e. The zero-order valence-corrected chi connectivity index (χ0v) is 20.1. The van der Waals surface area contributed by atoms with E-state index in [0.29, 0.717) is 40.9 Å². The van der Waals surface area contributed by atoms with Gasteiger partial charge in [-0.3, -0.25) is 19.8 Å². The van der Waals surface area contributed by atoms with E-state index in [4.69, 9.17) is 0 Å². The van der Waals surface area contributed by atoms with Crippen molar-refractivity contribution >= 4 is 28.3 Å². The molecule has 0 bridgehead atoms. The lowest BCUT2D eigenvalue weighted by atomic mass is 9.98. The van der Waals surface area contributed by atoms with E-state index in [0.717, 1.165) is 36.3 Å². The number of carbonyl (C=O) groups is 2. The molecule has 1 aromatic heterocycles. The molecule has 0 aliphatic carbocycles. The van der Waals surface area contributed by atoms with Gasteiger partial charge < -0.3 is 9.80 Å². The number of fused-ring (bicyclic) bond motifs is 1. The molecule has 2 heterocycles. The number of nitrogens with one attached hydrogen (secondary N) is 1. The van der Waals surface area contributed by atoms with Gasteiger partial charge in [0, 0.05) is 54.4 Å². The number of rotatable bonds is 6. The number of anilines is 1. The fourth-order valence-corrected chi connectivity index (χ4v) is 4.51. The predicted molar refractivity (Wildman–Crippen MR) is 136 cm³/mol. The van der Waals surface area contributed by atoms with Crippen LogP contribution < -0.4 is 15.9 Å². The molecule has 1 aliphatic rings. The molecule has 34 heavy (non-hydrogen) atoms. The van der Waals surface area contributed by atoms with Crippen LogP contribution in [-0.4, -0.2) is 47.6 Å². The highest BCUT2D eigenvalue weighted by Gasteiger charge is 2.24. The van der Waals surface area contributed by atoms with Crippen LogP contribution in [0.1, 0.15) is 54.3 Å². The van der Waals surface area contributed by atoms with Crippen LogP contribution in [0.4, 0.5) is 5.69 Å². The predicted octanol–water partition coefficient (Wildman–Crippen LogP) is 4.10. The van der Waals surface area contributed by atoms with Crippen molar-refractivity contribution in [3.63, 3.8) is 0 Å². The van der Waals surface area contributed by atoms with Gasteiger partial charge in [-0.05, 0) is 62.9 Å². The van der Waals surface area contributed by atoms with Gasteiger partial charge in [0.1, 0.15) is 0 Å². The maximum atomic E-state index is 13.4. The zero-order chi connectivity index (χ0) is 24.2. The van der Waals surface area contributed by atoms with Crippen LogP contribution in [0.5, 0.6) is 0 Å². The van der Waals surface area contributed by atoms with Crippen molar-refractivity contribution < 1.29 is 9.59 Å². The molecule has 3 aromatic rings. The van der Waals surface area contributed by atoms with E-state index in [-0.39, 0.29) is 11.5 Å². The molecule has 0 saturated carbocycles. The molecular weight excluding hydrogens is 428 g/mol. The van der Waals surface area contributed by atoms with E-state index in [9.17, 15) is 14.4 Å². The van der Waals surface area contributed by atoms with Gasteiger partial charge >= 0.3 is 0 Å². The first kappa shape index (κ1) is 23.5. The van der Waals surface area contributed by atoms with Crippen LogP contribution in [-0.2, 0) is 0 Å². The van der Waals surface area contributed by atoms with Crippen LogP contribution in [0, 0.1) is 5.92 Å². The highest BCUT2D eigenvalue weighted by molar-refractivity contribution is 6.07. The van der Waals surface area contributed by atoms with Crippen LogP contribution in [0.25, 0.3) is 10.8 Å². The Bertz CT molecular complexity index is 1240. The monoisotopic (exact) mass is 460 g/mol. The van der Waals surface area contributed by atoms with E-state index in [1.165, 1.54) is 6.20 Å². The number of hydrogen-bond acceptors (Lipinski definition) is 4. The molecular formula is C27H32N4O3. The van der Waals surface area contributed by atoms with Crippen LogP contribution in [0.15, 0.2) is 59.5 Å². The summed E-state index contributed by atoms with van der Waals surface area (Å²) in [6.07, 6.45) is 3.39. The zero-order valence-electron chi connectivity index (χ0n) is 20.1. The second kappa shape index (κ2) is 10.1. The first-order chi connectivity index (χ1) is 16.4. The summed E-state index contributed by atoms with van der Waals surface area (Å²) in [5, 5.41) is 1.00. The number of pyridine rings is 1. The Morgan fingerprint density at radius 1 is 0.971 bits per heavy atom. The summed E-state index contributed by atoms with van der Waals surface area (Å²) in [7, 11) is 0. The summed E-state index contributed by atoms with van der Waals surface area (Å²) in [5.41, 5.74) is 4.21. The average molecular weight is 461 g/mol. The molecule has 0 atom stereocenters. The van der Waals surface area contributed by atoms with E-state index in [1.807, 2.05) is 23.1 Å². The lowest BCUT2D eigenvalue weighted by molar-refractivity contribution is 0.0698. The van der Waals surface area contributed by atoms with Crippen molar-refractivity contribution in [3.05, 3.63) is 76.2 Å². The molecule has 2 amide bonds. The van der Waals surface area contributed by atoms with Gasteiger partial charge in [-0.25, -0.2) is 4.68 Å². The number of carbonyl (C=O) groups excluding carboxylic acids is 2. The van der Waals surface area contributed by atoms with Crippen molar-refractivity contribution in [2.75, 3.05) is 36.5 Å². The summed E-state index contributed by atoms with van der Waals surface area (Å²) in [6, 6.07) is 14.3. The van der Waals surface area contributed by atoms with Crippen molar-refractivity contribution in [3.8, 4) is 0 Å². The molecule has 0 spiro atoms. The minimum Gasteiger partial charge on any atom is -0.372 e. The van der Waals surface area contributed by atoms with E-state index in [1.54, 1.807) is 30.3 Å². The minimum atomic E-state index is -0.409. The molecule has 1 N–H and O–H groups in total. The summed E-state index contributed by atoms with van der Waals surface area (Å²) in [4.78, 5) is 43.5. The molecule has 4 rings (SSSR count). The van der Waals surface area contributed by atoms with Gasteiger partial charge in [-0.2, -0.15) is 0 Å². The van der Waals surface area contributed by atoms with E-state index in [2.05, 4.69) is 31.1 Å². The number of benzene rings is 2. The quantitative estimate of drug-likeness (QED) is 0.601. The SMILES string of the molecule is CCN(CC)c1ccc(C(=O)Nn2cc(C(=O)N3CCC(C)CC3)c3ccccc3c2=O)cc1. The molecule has 7 heteroatoms. The molecule has 7 nitrogen and oxygen atoms in total. The Balaban J connectivity index is 1.65. The highest BCUT2D eigenvalue weighted by Crippen LogP contribution is 2.22. The van der Waals surface area contributed by atoms with Crippen molar-refractivity contribution in [2.24, 2.45) is 5.92 Å². The Morgan fingerprint density at radius 3 is 2.21 bits per heavy atom. The topological polar surface area (TPSA) is 74.7 Å². The number of likely N-dealkylation sites (tertiary alicyclic amines) is 1. The number of hydrogen-bond donors (Lipinski definition) is 1. The minimum absolute atomic E-state index is 0.116. The maximum Gasteiger partial charge on any atom is 0.277 e. The van der Waals surface area contributed by atoms with Crippen molar-refractivity contribution in [1.29, 1.82) is 0 Å². The van der Waals surface area contributed by atoms with Crippen LogP contribution in [0.2, 0.25) is 0 Å². The summed E-state index contributed by atoms with van der Waals surface area (Å²) >= 11 is 0. The van der Waals surface area contributed by atoms with E-state index < -0.39 is 5.91 Å². The molecule has 1 saturated heterocycles. The summed E-state index contributed by atoms with van der Waals surface area (Å²) in [6.45, 7) is 9.50. The summed E-state index contributed by atoms with van der Waals surface area (Å²) in [5.74, 6) is 0.0745. The second-order valence-corrected chi connectivity index (χ2v) is 8.90. The lowest BCUT2D eigenvalue weighted by Gasteiger charge is -2.30. The Labute approximate surface area is 199 Å². The third-order valence-electron chi connectivity index (χ3n) is 6.71. The first-order valence-corrected chi connectivity index (χ1v) is 12.0. The fraction of sp³-hybridized carbons (Fsp3) is 0.370. The summed E-state index contributed by atoms with van der Waals surface area (Å²) < 4.78 is 1.14. The van der Waals surface area contributed by atoms with Gasteiger partial charge in [-0.1, -0.05) is 25.1 Å². The molecule has 0 unspecified atom stereocenters. The third kappa shape index (κ3) is 4.69. The van der Waals surface area contributed by atoms with Crippen LogP contribution >= 0.6 is 0 Å². The van der Waals surface area contributed by atoms with Gasteiger partial charge in [-0.15, -0.1) is 0 Å². The molecule has 2 aromatic carbocycles. The Hall–Kier alpha value is -3.61. The smallest absolute Gasteiger partial charge is 0.277 e. The molecule has 1 aliphatic heterocycles. The normalized spacial score (nSPS) is 14.3. The number of amides is 2. The van der Waals surface area contributed by atoms with Gasteiger partial charge in [0.25, 0.3) is 17.4 Å². The van der Waals surface area contributed by atoms with Gasteiger partial charge in [0.15, 0.2) is 0 Å². The molecule has 178 valence electrons. The number of nitrogens with zero attached hydrogens (tertiary/aromatic N) is 3. The first-order valence-electron chi connectivity index (χ1n) is 12.0. The number of aromatic nitrogens is 1. The van der Waals surface area contributed by atoms with Crippen molar-refractivity contribution in [1.82, 2.24) is 9.58 Å². The van der Waals surface area contributed by atoms with Crippen molar-refractivity contribution in [2.45, 2.75) is 33.6 Å². The second-order valence-electron chi connectivity index (χ2n) is 8.90. The highest BCUT2D eigenvalue weighted by atomic mass is 16.2. The van der Waals surface area contributed by atoms with E-state index >= 15 is 0 Å². The Morgan fingerprint density at radius 2 is 1.59 bits per heavy atom. The van der Waals surface area contributed by atoms with Crippen LogP contribution in [0.3, 0.4) is 0 Å². The van der Waals surface area contributed by atoms with Gasteiger partial charge in [0.05, 0.1) is 5.56 Å². The number of piperidine rings is 1. The van der Waals surface area contributed by atoms with Gasteiger partial charge in [0.2, 0.25) is 0 Å². The standard InChI is InChI=1S/C27H32N4O3/c1-4-29(5-2)21-12-10-20(11-13-21)25(32)28-31-18-24(22-8-6-7-9-23(22)27(31)34)26(33)30-16-14-19(3)15-17-30/h6-13,18-19H,4-5,14-17H2,1-3H3,(H,28,32).